The summed E-state index contributed by atoms with van der Waals surface area (Å²) in [6.45, 7) is 4.01. The van der Waals surface area contributed by atoms with Crippen molar-refractivity contribution in [2.24, 2.45) is 5.92 Å². The average molecular weight is 443 g/mol. The van der Waals surface area contributed by atoms with Crippen molar-refractivity contribution < 1.29 is 24.2 Å². The van der Waals surface area contributed by atoms with Gasteiger partial charge in [-0.2, -0.15) is 0 Å². The van der Waals surface area contributed by atoms with Crippen LogP contribution in [-0.2, 0) is 32.1 Å². The molecule has 2 aliphatic heterocycles. The van der Waals surface area contributed by atoms with Crippen molar-refractivity contribution in [3.05, 3.63) is 47.5 Å². The van der Waals surface area contributed by atoms with Crippen molar-refractivity contribution in [3.63, 3.8) is 0 Å². The van der Waals surface area contributed by atoms with E-state index in [0.29, 0.717) is 32.2 Å². The van der Waals surface area contributed by atoms with Gasteiger partial charge in [0.2, 0.25) is 11.8 Å². The molecule has 0 spiro atoms. The number of aliphatic hydroxyl groups excluding tert-OH is 1. The first-order valence-electron chi connectivity index (χ1n) is 11.4. The van der Waals surface area contributed by atoms with Gasteiger partial charge in [-0.1, -0.05) is 36.4 Å². The SMILES string of the molecule is CC1(C)COC(=O)CCCC=CC[C@H](CC(=O)N2Cc3ccccc3C[C@H]2CO)C(=O)N1. The Labute approximate surface area is 189 Å². The summed E-state index contributed by atoms with van der Waals surface area (Å²) in [5.74, 6) is -1.18. The molecule has 174 valence electrons. The lowest BCUT2D eigenvalue weighted by atomic mass is 9.92. The Morgan fingerprint density at radius 3 is 2.72 bits per heavy atom. The Kier molecular flexibility index (Phi) is 8.07. The van der Waals surface area contributed by atoms with Gasteiger partial charge in [0.05, 0.1) is 24.1 Å². The summed E-state index contributed by atoms with van der Waals surface area (Å²) in [6, 6.07) is 7.65. The molecule has 3 rings (SSSR count). The number of esters is 1. The highest BCUT2D eigenvalue weighted by Crippen LogP contribution is 2.25. The molecule has 1 aromatic carbocycles. The topological polar surface area (TPSA) is 95.9 Å². The Morgan fingerprint density at radius 1 is 1.22 bits per heavy atom. The van der Waals surface area contributed by atoms with Crippen LogP contribution in [0, 0.1) is 5.92 Å². The summed E-state index contributed by atoms with van der Waals surface area (Å²) in [5.41, 5.74) is 1.49. The fourth-order valence-electron chi connectivity index (χ4n) is 4.20. The van der Waals surface area contributed by atoms with Gasteiger partial charge in [-0.15, -0.1) is 0 Å². The first-order valence-corrected chi connectivity index (χ1v) is 11.4. The number of hydrogen-bond acceptors (Lipinski definition) is 5. The zero-order valence-corrected chi connectivity index (χ0v) is 19.0. The Morgan fingerprint density at radius 2 is 1.97 bits per heavy atom. The van der Waals surface area contributed by atoms with E-state index in [-0.39, 0.29) is 43.5 Å². The van der Waals surface area contributed by atoms with Gasteiger partial charge in [0, 0.05) is 19.4 Å². The molecule has 1 aromatic rings. The van der Waals surface area contributed by atoms with E-state index in [2.05, 4.69) is 5.32 Å². The summed E-state index contributed by atoms with van der Waals surface area (Å²) in [7, 11) is 0. The number of amides is 2. The molecule has 0 fully saturated rings. The number of nitrogens with one attached hydrogen (secondary N) is 1. The highest BCUT2D eigenvalue weighted by Gasteiger charge is 2.33. The number of aliphatic hydroxyl groups is 1. The van der Waals surface area contributed by atoms with Crippen LogP contribution >= 0.6 is 0 Å². The number of benzene rings is 1. The normalized spacial score (nSPS) is 24.3. The first-order chi connectivity index (χ1) is 15.3. The molecule has 0 bridgehead atoms. The second-order valence-electron chi connectivity index (χ2n) is 9.37. The van der Waals surface area contributed by atoms with Crippen LogP contribution < -0.4 is 5.32 Å². The third-order valence-electron chi connectivity index (χ3n) is 6.07. The zero-order chi connectivity index (χ0) is 23.1. The number of allylic oxidation sites excluding steroid dienone is 2. The van der Waals surface area contributed by atoms with Gasteiger partial charge in [0.1, 0.15) is 6.61 Å². The number of cyclic esters (lactones) is 1. The van der Waals surface area contributed by atoms with Gasteiger partial charge in [-0.25, -0.2) is 0 Å². The molecule has 2 N–H and O–H groups in total. The molecule has 32 heavy (non-hydrogen) atoms. The second kappa shape index (κ2) is 10.8. The molecular weight excluding hydrogens is 408 g/mol. The van der Waals surface area contributed by atoms with Crippen LogP contribution in [0.15, 0.2) is 36.4 Å². The smallest absolute Gasteiger partial charge is 0.305 e. The van der Waals surface area contributed by atoms with Crippen LogP contribution in [0.3, 0.4) is 0 Å². The number of carbonyl (C=O) groups is 3. The van der Waals surface area contributed by atoms with Gasteiger partial charge in [0.15, 0.2) is 0 Å². The maximum Gasteiger partial charge on any atom is 0.305 e. The van der Waals surface area contributed by atoms with Crippen molar-refractivity contribution in [2.45, 2.75) is 70.5 Å². The van der Waals surface area contributed by atoms with Crippen LogP contribution in [0.2, 0.25) is 0 Å². The first kappa shape index (κ1) is 24.0. The Balaban J connectivity index is 1.74. The van der Waals surface area contributed by atoms with E-state index < -0.39 is 11.5 Å². The molecule has 7 nitrogen and oxygen atoms in total. The van der Waals surface area contributed by atoms with Crippen molar-refractivity contribution in [1.29, 1.82) is 0 Å². The fraction of sp³-hybridized carbons (Fsp3) is 0.560. The lowest BCUT2D eigenvalue weighted by Gasteiger charge is -2.37. The standard InChI is InChI=1S/C25H34N2O5/c1-25(2)17-32-23(30)12-6-4-3-5-10-19(24(31)26-25)14-22(29)27-15-20-11-8-7-9-18(20)13-21(27)16-28/h3,5,7-9,11,19,21,28H,4,6,10,12-17H2,1-2H3,(H,26,31)/t19-,21+/m1/s1. The molecule has 7 heteroatoms. The number of nitrogens with zero attached hydrogens (tertiary/aromatic N) is 1. The molecule has 2 amide bonds. The van der Waals surface area contributed by atoms with E-state index in [1.807, 2.05) is 36.4 Å². The van der Waals surface area contributed by atoms with E-state index in [4.69, 9.17) is 4.74 Å². The number of ether oxygens (including phenoxy) is 1. The van der Waals surface area contributed by atoms with Gasteiger partial charge < -0.3 is 20.1 Å². The highest BCUT2D eigenvalue weighted by atomic mass is 16.5. The molecule has 0 unspecified atom stereocenters. The van der Waals surface area contributed by atoms with E-state index in [9.17, 15) is 19.5 Å². The quantitative estimate of drug-likeness (QED) is 0.554. The molecule has 0 aliphatic carbocycles. The van der Waals surface area contributed by atoms with Crippen molar-refractivity contribution >= 4 is 17.8 Å². The molecule has 2 heterocycles. The number of hydrogen-bond donors (Lipinski definition) is 2. The molecule has 0 saturated carbocycles. The van der Waals surface area contributed by atoms with Crippen LogP contribution in [-0.4, -0.2) is 52.6 Å². The minimum atomic E-state index is -0.733. The minimum absolute atomic E-state index is 0.0602. The highest BCUT2D eigenvalue weighted by molar-refractivity contribution is 5.86. The fourth-order valence-corrected chi connectivity index (χ4v) is 4.20. The van der Waals surface area contributed by atoms with E-state index in [1.165, 1.54) is 0 Å². The zero-order valence-electron chi connectivity index (χ0n) is 19.0. The molecule has 2 aliphatic rings. The summed E-state index contributed by atoms with van der Waals surface area (Å²) >= 11 is 0. The predicted octanol–water partition coefficient (Wildman–Crippen LogP) is 2.51. The Bertz CT molecular complexity index is 864. The maximum atomic E-state index is 13.3. The van der Waals surface area contributed by atoms with Gasteiger partial charge in [-0.05, 0) is 50.7 Å². The van der Waals surface area contributed by atoms with Crippen LogP contribution in [0.4, 0.5) is 0 Å². The number of fused-ring (bicyclic) bond motifs is 1. The summed E-state index contributed by atoms with van der Waals surface area (Å²) < 4.78 is 5.31. The predicted molar refractivity (Wildman–Crippen MR) is 120 cm³/mol. The van der Waals surface area contributed by atoms with Crippen molar-refractivity contribution in [1.82, 2.24) is 10.2 Å². The third-order valence-corrected chi connectivity index (χ3v) is 6.07. The summed E-state index contributed by atoms with van der Waals surface area (Å²) in [5, 5.41) is 12.8. The third kappa shape index (κ3) is 6.42. The van der Waals surface area contributed by atoms with E-state index >= 15 is 0 Å². The van der Waals surface area contributed by atoms with Gasteiger partial charge in [-0.3, -0.25) is 14.4 Å². The monoisotopic (exact) mass is 442 g/mol. The Hall–Kier alpha value is -2.67. The lowest BCUT2D eigenvalue weighted by Crippen LogP contribution is -2.51. The molecule has 2 atom stereocenters. The van der Waals surface area contributed by atoms with E-state index in [1.54, 1.807) is 18.7 Å². The molecular formula is C25H34N2O5. The largest absolute Gasteiger partial charge is 0.463 e. The van der Waals surface area contributed by atoms with Crippen LogP contribution in [0.25, 0.3) is 0 Å². The van der Waals surface area contributed by atoms with Gasteiger partial charge >= 0.3 is 5.97 Å². The van der Waals surface area contributed by atoms with Crippen molar-refractivity contribution in [2.75, 3.05) is 13.2 Å². The lowest BCUT2D eigenvalue weighted by molar-refractivity contribution is -0.147. The number of rotatable bonds is 3. The second-order valence-corrected chi connectivity index (χ2v) is 9.37. The number of carbonyl (C=O) groups excluding carboxylic acids is 3. The summed E-state index contributed by atoms with van der Waals surface area (Å²) in [6.07, 6.45) is 6.73. The summed E-state index contributed by atoms with van der Waals surface area (Å²) in [4.78, 5) is 39.9. The maximum absolute atomic E-state index is 13.3. The minimum Gasteiger partial charge on any atom is -0.463 e. The van der Waals surface area contributed by atoms with Crippen molar-refractivity contribution in [3.8, 4) is 0 Å². The molecule has 0 radical (unpaired) electrons. The van der Waals surface area contributed by atoms with Crippen LogP contribution in [0.5, 0.6) is 0 Å². The van der Waals surface area contributed by atoms with Crippen LogP contribution in [0.1, 0.15) is 57.1 Å². The van der Waals surface area contributed by atoms with Gasteiger partial charge in [0.25, 0.3) is 0 Å². The average Bonchev–Trinajstić information content (AvgIpc) is 2.78. The van der Waals surface area contributed by atoms with E-state index in [0.717, 1.165) is 17.5 Å². The molecule has 0 aromatic heterocycles. The molecule has 0 saturated heterocycles.